The first-order chi connectivity index (χ1) is 8.19. The Bertz CT molecular complexity index is 425. The second kappa shape index (κ2) is 5.55. The Labute approximate surface area is 109 Å². The van der Waals surface area contributed by atoms with E-state index < -0.39 is 0 Å². The van der Waals surface area contributed by atoms with Crippen molar-refractivity contribution in [3.63, 3.8) is 0 Å². The van der Waals surface area contributed by atoms with Crippen LogP contribution in [0.4, 0.5) is 5.95 Å². The van der Waals surface area contributed by atoms with Gasteiger partial charge in [0.15, 0.2) is 0 Å². The van der Waals surface area contributed by atoms with Gasteiger partial charge in [-0.2, -0.15) is 0 Å². The predicted molar refractivity (Wildman–Crippen MR) is 68.5 cm³/mol. The molecule has 0 unspecified atom stereocenters. The van der Waals surface area contributed by atoms with Crippen LogP contribution in [0.2, 0.25) is 5.02 Å². The molecule has 1 aromatic heterocycles. The largest absolute Gasteiger partial charge is 0.357 e. The molecule has 1 aromatic rings. The molecule has 1 saturated carbocycles. The Morgan fingerprint density at radius 3 is 3.06 bits per heavy atom. The lowest BCUT2D eigenvalue weighted by molar-refractivity contribution is -0.118. The molecule has 0 atom stereocenters. The summed E-state index contributed by atoms with van der Waals surface area (Å²) in [5.41, 5.74) is 0. The average molecular weight is 273 g/mol. The van der Waals surface area contributed by atoms with Crippen LogP contribution in [0.25, 0.3) is 0 Å². The van der Waals surface area contributed by atoms with Crippen LogP contribution in [0.15, 0.2) is 11.2 Å². The predicted octanol–water partition coefficient (Wildman–Crippen LogP) is 1.54. The Kier molecular flexibility index (Phi) is 4.06. The normalized spacial score (nSPS) is 14.5. The summed E-state index contributed by atoms with van der Waals surface area (Å²) in [4.78, 5) is 19.7. The molecule has 1 fully saturated rings. The number of carbonyl (C=O) groups is 1. The van der Waals surface area contributed by atoms with Crippen molar-refractivity contribution in [2.75, 3.05) is 18.1 Å². The number of nitrogens with one attached hydrogen (secondary N) is 2. The highest BCUT2D eigenvalue weighted by molar-refractivity contribution is 8.00. The fourth-order valence-corrected chi connectivity index (χ4v) is 2.15. The van der Waals surface area contributed by atoms with E-state index in [1.165, 1.54) is 18.0 Å². The van der Waals surface area contributed by atoms with Crippen molar-refractivity contribution in [3.05, 3.63) is 11.2 Å². The molecular weight excluding hydrogens is 260 g/mol. The van der Waals surface area contributed by atoms with Crippen molar-refractivity contribution in [2.24, 2.45) is 0 Å². The van der Waals surface area contributed by atoms with Crippen molar-refractivity contribution in [1.29, 1.82) is 0 Å². The third kappa shape index (κ3) is 3.74. The fraction of sp³-hybridized carbons (Fsp3) is 0.500. The van der Waals surface area contributed by atoms with Gasteiger partial charge in [-0.25, -0.2) is 9.97 Å². The zero-order valence-electron chi connectivity index (χ0n) is 9.36. The van der Waals surface area contributed by atoms with Gasteiger partial charge in [0.2, 0.25) is 11.9 Å². The van der Waals surface area contributed by atoms with Gasteiger partial charge in [0.25, 0.3) is 0 Å². The Balaban J connectivity index is 1.90. The highest BCUT2D eigenvalue weighted by atomic mass is 35.5. The number of amides is 1. The number of thioether (sulfide) groups is 1. The minimum absolute atomic E-state index is 0.0261. The van der Waals surface area contributed by atoms with Crippen molar-refractivity contribution in [3.8, 4) is 0 Å². The van der Waals surface area contributed by atoms with Crippen LogP contribution >= 0.6 is 23.4 Å². The molecular formula is C10H13ClN4OS. The molecule has 0 saturated heterocycles. The summed E-state index contributed by atoms with van der Waals surface area (Å²) in [5.74, 6) is 0.855. The second-order valence-corrected chi connectivity index (χ2v) is 5.10. The molecule has 0 spiro atoms. The molecule has 17 heavy (non-hydrogen) atoms. The van der Waals surface area contributed by atoms with Crippen molar-refractivity contribution >= 4 is 35.2 Å². The molecule has 0 radical (unpaired) electrons. The van der Waals surface area contributed by atoms with Gasteiger partial charge >= 0.3 is 0 Å². The van der Waals surface area contributed by atoms with E-state index in [9.17, 15) is 4.79 Å². The van der Waals surface area contributed by atoms with Crippen molar-refractivity contribution in [1.82, 2.24) is 15.3 Å². The van der Waals surface area contributed by atoms with Gasteiger partial charge in [-0.3, -0.25) is 4.79 Å². The summed E-state index contributed by atoms with van der Waals surface area (Å²) in [7, 11) is 1.73. The van der Waals surface area contributed by atoms with Crippen LogP contribution in [0, 0.1) is 0 Å². The van der Waals surface area contributed by atoms with Crippen LogP contribution in [0.1, 0.15) is 12.8 Å². The van der Waals surface area contributed by atoms with E-state index in [1.807, 2.05) is 0 Å². The summed E-state index contributed by atoms with van der Waals surface area (Å²) < 4.78 is 0. The van der Waals surface area contributed by atoms with Crippen LogP contribution in [0.3, 0.4) is 0 Å². The Morgan fingerprint density at radius 1 is 1.65 bits per heavy atom. The molecule has 0 bridgehead atoms. The fourth-order valence-electron chi connectivity index (χ4n) is 1.20. The quantitative estimate of drug-likeness (QED) is 0.629. The molecule has 1 aliphatic rings. The number of hydrogen-bond donors (Lipinski definition) is 2. The third-order valence-electron chi connectivity index (χ3n) is 2.22. The summed E-state index contributed by atoms with van der Waals surface area (Å²) in [6, 6.07) is 0.386. The lowest BCUT2D eigenvalue weighted by atomic mass is 10.6. The lowest BCUT2D eigenvalue weighted by Gasteiger charge is -2.05. The first-order valence-electron chi connectivity index (χ1n) is 5.31. The summed E-state index contributed by atoms with van der Waals surface area (Å²) in [6.45, 7) is 0. The van der Waals surface area contributed by atoms with E-state index >= 15 is 0 Å². The van der Waals surface area contributed by atoms with Crippen molar-refractivity contribution < 1.29 is 4.79 Å². The van der Waals surface area contributed by atoms with E-state index in [0.29, 0.717) is 27.8 Å². The molecule has 5 nitrogen and oxygen atoms in total. The van der Waals surface area contributed by atoms with E-state index in [-0.39, 0.29) is 5.91 Å². The third-order valence-corrected chi connectivity index (χ3v) is 3.60. The maximum Gasteiger partial charge on any atom is 0.230 e. The molecule has 0 aromatic carbocycles. The van der Waals surface area contributed by atoms with E-state index in [1.54, 1.807) is 7.05 Å². The number of hydrogen-bond acceptors (Lipinski definition) is 5. The maximum absolute atomic E-state index is 11.5. The molecule has 1 heterocycles. The second-order valence-electron chi connectivity index (χ2n) is 3.73. The lowest BCUT2D eigenvalue weighted by Crippen LogP contribution is -2.27. The average Bonchev–Trinajstić information content (AvgIpc) is 3.12. The summed E-state index contributed by atoms with van der Waals surface area (Å²) in [6.07, 6.45) is 3.71. The first kappa shape index (κ1) is 12.4. The van der Waals surface area contributed by atoms with E-state index in [2.05, 4.69) is 20.6 Å². The number of rotatable bonds is 5. The summed E-state index contributed by atoms with van der Waals surface area (Å²) in [5, 5.41) is 6.83. The zero-order valence-corrected chi connectivity index (χ0v) is 10.9. The van der Waals surface area contributed by atoms with Gasteiger partial charge < -0.3 is 10.6 Å². The SMILES string of the molecule is CNc1ncc(Cl)c(SCC(=O)NC2CC2)n1. The van der Waals surface area contributed by atoms with Crippen LogP contribution < -0.4 is 10.6 Å². The molecule has 92 valence electrons. The van der Waals surface area contributed by atoms with E-state index in [4.69, 9.17) is 11.6 Å². The van der Waals surface area contributed by atoms with E-state index in [0.717, 1.165) is 12.8 Å². The Hall–Kier alpha value is -1.01. The monoisotopic (exact) mass is 272 g/mol. The molecule has 2 N–H and O–H groups in total. The zero-order chi connectivity index (χ0) is 12.3. The number of halogens is 1. The number of nitrogens with zero attached hydrogens (tertiary/aromatic N) is 2. The first-order valence-corrected chi connectivity index (χ1v) is 6.68. The molecule has 0 aliphatic heterocycles. The van der Waals surface area contributed by atoms with Gasteiger partial charge in [0.1, 0.15) is 5.03 Å². The molecule has 7 heteroatoms. The highest BCUT2D eigenvalue weighted by Crippen LogP contribution is 2.25. The number of anilines is 1. The number of aromatic nitrogens is 2. The molecule has 2 rings (SSSR count). The van der Waals surface area contributed by atoms with Gasteiger partial charge in [-0.1, -0.05) is 23.4 Å². The van der Waals surface area contributed by atoms with Gasteiger partial charge in [0.05, 0.1) is 17.0 Å². The molecule has 1 aliphatic carbocycles. The van der Waals surface area contributed by atoms with Gasteiger partial charge in [-0.05, 0) is 12.8 Å². The van der Waals surface area contributed by atoms with Crippen molar-refractivity contribution in [2.45, 2.75) is 23.9 Å². The number of carbonyl (C=O) groups excluding carboxylic acids is 1. The van der Waals surface area contributed by atoms with Gasteiger partial charge in [-0.15, -0.1) is 0 Å². The Morgan fingerprint density at radius 2 is 2.41 bits per heavy atom. The topological polar surface area (TPSA) is 66.9 Å². The van der Waals surface area contributed by atoms with Crippen LogP contribution in [0.5, 0.6) is 0 Å². The minimum atomic E-state index is 0.0261. The minimum Gasteiger partial charge on any atom is -0.357 e. The highest BCUT2D eigenvalue weighted by Gasteiger charge is 2.23. The summed E-state index contributed by atoms with van der Waals surface area (Å²) >= 11 is 7.27. The van der Waals surface area contributed by atoms with Crippen LogP contribution in [-0.4, -0.2) is 34.7 Å². The standard InChI is InChI=1S/C10H13ClN4OS/c1-12-10-13-4-7(11)9(15-10)17-5-8(16)14-6-2-3-6/h4,6H,2-3,5H2,1H3,(H,14,16)(H,12,13,15). The molecule has 1 amide bonds. The smallest absolute Gasteiger partial charge is 0.230 e. The van der Waals surface area contributed by atoms with Gasteiger partial charge in [0, 0.05) is 13.1 Å². The maximum atomic E-state index is 11.5. The van der Waals surface area contributed by atoms with Crippen LogP contribution in [-0.2, 0) is 4.79 Å².